The Balaban J connectivity index is 2.03. The van der Waals surface area contributed by atoms with E-state index in [1.165, 1.54) is 12.0 Å². The number of benzene rings is 1. The lowest BCUT2D eigenvalue weighted by Crippen LogP contribution is -2.08. The highest BCUT2D eigenvalue weighted by molar-refractivity contribution is 5.83. The van der Waals surface area contributed by atoms with Crippen molar-refractivity contribution in [3.63, 3.8) is 0 Å². The largest absolute Gasteiger partial charge is 0.489 e. The van der Waals surface area contributed by atoms with Gasteiger partial charge in [-0.05, 0) is 61.8 Å². The summed E-state index contributed by atoms with van der Waals surface area (Å²) in [7, 11) is 1.71. The number of nitrogen functional groups attached to an aromatic ring is 1. The third-order valence-electron chi connectivity index (χ3n) is 4.85. The smallest absolute Gasteiger partial charge is 0.175 e. The van der Waals surface area contributed by atoms with Gasteiger partial charge in [-0.25, -0.2) is 0 Å². The Kier molecular flexibility index (Phi) is 6.76. The lowest BCUT2D eigenvalue weighted by atomic mass is 9.95. The Hall–Kier alpha value is -2.47. The fourth-order valence-corrected chi connectivity index (χ4v) is 3.48. The van der Waals surface area contributed by atoms with E-state index >= 15 is 0 Å². The Morgan fingerprint density at radius 1 is 1.15 bits per heavy atom. The fraction of sp³-hybridized carbons (Fsp3) is 0.476. The van der Waals surface area contributed by atoms with Gasteiger partial charge in [0.15, 0.2) is 5.75 Å². The van der Waals surface area contributed by atoms with Crippen LogP contribution in [0, 0.1) is 0 Å². The van der Waals surface area contributed by atoms with Crippen LogP contribution < -0.4 is 10.5 Å². The van der Waals surface area contributed by atoms with Crippen LogP contribution in [0.5, 0.6) is 5.75 Å². The Morgan fingerprint density at radius 2 is 2.00 bits per heavy atom. The molecule has 1 aromatic heterocycles. The standard InChI is InChI=1S/C21H28N4O2/c1-3-27-21-19(16-9-5-4-6-10-16)23-25-24-20(21)17-13-7-11-15(18(17)22)12-8-14-26-2/h7,9,11,13H,3-6,8,10,12,14,22H2,1-2H3. The Bertz CT molecular complexity index is 805. The first kappa shape index (κ1) is 19.3. The summed E-state index contributed by atoms with van der Waals surface area (Å²) < 4.78 is 11.1. The van der Waals surface area contributed by atoms with Gasteiger partial charge in [0.2, 0.25) is 0 Å². The van der Waals surface area contributed by atoms with Crippen molar-refractivity contribution in [1.29, 1.82) is 0 Å². The second kappa shape index (κ2) is 9.46. The molecule has 0 fully saturated rings. The van der Waals surface area contributed by atoms with Crippen LogP contribution in [0.3, 0.4) is 0 Å². The van der Waals surface area contributed by atoms with Crippen LogP contribution in [0.2, 0.25) is 0 Å². The molecule has 1 aromatic carbocycles. The molecule has 144 valence electrons. The van der Waals surface area contributed by atoms with Gasteiger partial charge >= 0.3 is 0 Å². The number of para-hydroxylation sites is 1. The summed E-state index contributed by atoms with van der Waals surface area (Å²) in [5.74, 6) is 0.682. The molecule has 1 aliphatic carbocycles. The lowest BCUT2D eigenvalue weighted by molar-refractivity contribution is 0.195. The van der Waals surface area contributed by atoms with E-state index in [1.54, 1.807) is 7.11 Å². The maximum absolute atomic E-state index is 6.49. The molecule has 2 aromatic rings. The molecular formula is C21H28N4O2. The third kappa shape index (κ3) is 4.45. The number of rotatable bonds is 8. The average molecular weight is 368 g/mol. The topological polar surface area (TPSA) is 83.2 Å². The predicted octanol–water partition coefficient (Wildman–Crippen LogP) is 4.06. The summed E-state index contributed by atoms with van der Waals surface area (Å²) in [5, 5.41) is 12.6. The molecule has 6 nitrogen and oxygen atoms in total. The van der Waals surface area contributed by atoms with Gasteiger partial charge in [-0.1, -0.05) is 24.3 Å². The van der Waals surface area contributed by atoms with Gasteiger partial charge < -0.3 is 15.2 Å². The van der Waals surface area contributed by atoms with Crippen molar-refractivity contribution in [2.24, 2.45) is 0 Å². The molecule has 0 saturated heterocycles. The molecule has 1 heterocycles. The summed E-state index contributed by atoms with van der Waals surface area (Å²) in [6.45, 7) is 3.21. The van der Waals surface area contributed by atoms with Crippen molar-refractivity contribution in [1.82, 2.24) is 15.4 Å². The highest BCUT2D eigenvalue weighted by Gasteiger charge is 2.21. The van der Waals surface area contributed by atoms with Crippen LogP contribution in [-0.4, -0.2) is 35.7 Å². The zero-order valence-electron chi connectivity index (χ0n) is 16.2. The molecule has 27 heavy (non-hydrogen) atoms. The number of hydrogen-bond donors (Lipinski definition) is 1. The van der Waals surface area contributed by atoms with Crippen molar-refractivity contribution in [2.75, 3.05) is 26.1 Å². The molecule has 6 heteroatoms. The van der Waals surface area contributed by atoms with E-state index in [0.717, 1.165) is 54.6 Å². The van der Waals surface area contributed by atoms with E-state index in [4.69, 9.17) is 15.2 Å². The Labute approximate surface area is 160 Å². The molecule has 0 aliphatic heterocycles. The third-order valence-corrected chi connectivity index (χ3v) is 4.85. The van der Waals surface area contributed by atoms with Crippen molar-refractivity contribution < 1.29 is 9.47 Å². The quantitative estimate of drug-likeness (QED) is 0.559. The summed E-state index contributed by atoms with van der Waals surface area (Å²) >= 11 is 0. The zero-order valence-corrected chi connectivity index (χ0v) is 16.2. The molecule has 2 N–H and O–H groups in total. The highest BCUT2D eigenvalue weighted by atomic mass is 16.5. The number of aryl methyl sites for hydroxylation is 1. The van der Waals surface area contributed by atoms with Crippen molar-refractivity contribution >= 4 is 11.3 Å². The van der Waals surface area contributed by atoms with E-state index in [-0.39, 0.29) is 0 Å². The molecule has 0 saturated carbocycles. The van der Waals surface area contributed by atoms with Crippen LogP contribution in [0.25, 0.3) is 16.8 Å². The molecule has 0 spiro atoms. The van der Waals surface area contributed by atoms with Crippen molar-refractivity contribution in [3.8, 4) is 17.0 Å². The van der Waals surface area contributed by atoms with Gasteiger partial charge in [0.25, 0.3) is 0 Å². The molecular weight excluding hydrogens is 340 g/mol. The van der Waals surface area contributed by atoms with Crippen molar-refractivity contribution in [3.05, 3.63) is 35.5 Å². The minimum atomic E-state index is 0.536. The highest BCUT2D eigenvalue weighted by Crippen LogP contribution is 2.39. The molecule has 0 atom stereocenters. The normalized spacial score (nSPS) is 14.1. The molecule has 0 bridgehead atoms. The lowest BCUT2D eigenvalue weighted by Gasteiger charge is -2.18. The summed E-state index contributed by atoms with van der Waals surface area (Å²) in [5.41, 5.74) is 11.8. The minimum Gasteiger partial charge on any atom is -0.489 e. The fourth-order valence-electron chi connectivity index (χ4n) is 3.48. The summed E-state index contributed by atoms with van der Waals surface area (Å²) in [6, 6.07) is 6.03. The number of aromatic nitrogens is 3. The second-order valence-electron chi connectivity index (χ2n) is 6.70. The van der Waals surface area contributed by atoms with Crippen LogP contribution in [-0.2, 0) is 11.2 Å². The van der Waals surface area contributed by atoms with Gasteiger partial charge in [-0.3, -0.25) is 0 Å². The number of anilines is 1. The second-order valence-corrected chi connectivity index (χ2v) is 6.70. The van der Waals surface area contributed by atoms with Gasteiger partial charge in [0.1, 0.15) is 11.4 Å². The van der Waals surface area contributed by atoms with E-state index in [1.807, 2.05) is 25.1 Å². The zero-order chi connectivity index (χ0) is 19.1. The van der Waals surface area contributed by atoms with E-state index in [0.29, 0.717) is 24.7 Å². The summed E-state index contributed by atoms with van der Waals surface area (Å²) in [6.07, 6.45) is 8.45. The van der Waals surface area contributed by atoms with Crippen molar-refractivity contribution in [2.45, 2.75) is 45.4 Å². The van der Waals surface area contributed by atoms with Gasteiger partial charge in [0, 0.05) is 25.0 Å². The van der Waals surface area contributed by atoms with E-state index in [9.17, 15) is 0 Å². The predicted molar refractivity (Wildman–Crippen MR) is 107 cm³/mol. The maximum atomic E-state index is 6.49. The van der Waals surface area contributed by atoms with E-state index in [2.05, 4.69) is 21.5 Å². The maximum Gasteiger partial charge on any atom is 0.175 e. The number of methoxy groups -OCH3 is 1. The first-order valence-corrected chi connectivity index (χ1v) is 9.68. The first-order chi connectivity index (χ1) is 13.3. The van der Waals surface area contributed by atoms with Crippen LogP contribution in [0.15, 0.2) is 24.3 Å². The van der Waals surface area contributed by atoms with Gasteiger partial charge in [-0.2, -0.15) is 0 Å². The number of nitrogens with two attached hydrogens (primary N) is 1. The molecule has 3 rings (SSSR count). The van der Waals surface area contributed by atoms with Crippen LogP contribution in [0.1, 0.15) is 50.3 Å². The number of ether oxygens (including phenoxy) is 2. The van der Waals surface area contributed by atoms with Gasteiger partial charge in [-0.15, -0.1) is 10.2 Å². The number of nitrogens with zero attached hydrogens (tertiary/aromatic N) is 3. The SMILES string of the molecule is CCOc1c(C2=CCCCC2)nnnc1-c1cccc(CCCOC)c1N. The minimum absolute atomic E-state index is 0.536. The van der Waals surface area contributed by atoms with E-state index < -0.39 is 0 Å². The first-order valence-electron chi connectivity index (χ1n) is 9.68. The summed E-state index contributed by atoms with van der Waals surface area (Å²) in [4.78, 5) is 0. The monoisotopic (exact) mass is 368 g/mol. The van der Waals surface area contributed by atoms with Crippen LogP contribution >= 0.6 is 0 Å². The molecule has 1 aliphatic rings. The molecule has 0 radical (unpaired) electrons. The van der Waals surface area contributed by atoms with Crippen LogP contribution in [0.4, 0.5) is 5.69 Å². The number of allylic oxidation sites excluding steroid dienone is 2. The molecule has 0 unspecified atom stereocenters. The molecule has 0 amide bonds. The number of hydrogen-bond acceptors (Lipinski definition) is 6. The average Bonchev–Trinajstić information content (AvgIpc) is 2.71. The Morgan fingerprint density at radius 3 is 2.74 bits per heavy atom. The van der Waals surface area contributed by atoms with Gasteiger partial charge in [0.05, 0.1) is 6.61 Å².